The van der Waals surface area contributed by atoms with E-state index in [9.17, 15) is 13.2 Å². The Bertz CT molecular complexity index is 1060. The maximum atomic E-state index is 12.9. The molecule has 3 aliphatic rings. The smallest absolute Gasteiger partial charge is 0.241 e. The number of amides is 1. The Kier molecular flexibility index (Phi) is 4.87. The van der Waals surface area contributed by atoms with Crippen molar-refractivity contribution in [1.29, 1.82) is 0 Å². The molecule has 1 aromatic heterocycles. The molecule has 0 spiro atoms. The van der Waals surface area contributed by atoms with Crippen LogP contribution in [0, 0.1) is 0 Å². The summed E-state index contributed by atoms with van der Waals surface area (Å²) in [7, 11) is -3.72. The molecule has 1 amide bonds. The van der Waals surface area contributed by atoms with Gasteiger partial charge in [0.2, 0.25) is 21.8 Å². The maximum absolute atomic E-state index is 12.9. The Morgan fingerprint density at radius 2 is 1.93 bits per heavy atom. The number of carbonyl (C=O) groups is 1. The number of aromatic nitrogens is 2. The largest absolute Gasteiger partial charge is 0.338 e. The van der Waals surface area contributed by atoms with E-state index in [1.54, 1.807) is 17.0 Å². The van der Waals surface area contributed by atoms with Crippen molar-refractivity contribution in [3.8, 4) is 0 Å². The van der Waals surface area contributed by atoms with Gasteiger partial charge in [-0.2, -0.15) is 16.7 Å². The highest BCUT2D eigenvalue weighted by Crippen LogP contribution is 2.38. The summed E-state index contributed by atoms with van der Waals surface area (Å²) >= 11 is 1.93. The third-order valence-corrected chi connectivity index (χ3v) is 8.25. The van der Waals surface area contributed by atoms with Gasteiger partial charge in [0.25, 0.3) is 0 Å². The molecule has 5 rings (SSSR count). The van der Waals surface area contributed by atoms with Crippen molar-refractivity contribution >= 4 is 33.4 Å². The van der Waals surface area contributed by atoms with Crippen LogP contribution in [0.2, 0.25) is 0 Å². The molecule has 154 valence electrons. The van der Waals surface area contributed by atoms with Crippen LogP contribution in [0.1, 0.15) is 48.0 Å². The lowest BCUT2D eigenvalue weighted by Crippen LogP contribution is -2.33. The quantitative estimate of drug-likeness (QED) is 0.767. The van der Waals surface area contributed by atoms with Gasteiger partial charge in [0.1, 0.15) is 0 Å². The molecule has 1 saturated heterocycles. The topological polar surface area (TPSA) is 105 Å². The Labute approximate surface area is 173 Å². The van der Waals surface area contributed by atoms with Crippen molar-refractivity contribution in [2.75, 3.05) is 23.0 Å². The molecular weight excluding hydrogens is 412 g/mol. The van der Waals surface area contributed by atoms with Crippen LogP contribution in [0.25, 0.3) is 0 Å². The van der Waals surface area contributed by atoms with E-state index in [0.717, 1.165) is 41.2 Å². The van der Waals surface area contributed by atoms with Crippen molar-refractivity contribution in [2.45, 2.75) is 49.5 Å². The lowest BCUT2D eigenvalue weighted by Gasteiger charge is -2.25. The third kappa shape index (κ3) is 3.57. The Morgan fingerprint density at radius 3 is 2.72 bits per heavy atom. The summed E-state index contributed by atoms with van der Waals surface area (Å²) in [5.41, 5.74) is 2.76. The van der Waals surface area contributed by atoms with Crippen LogP contribution >= 0.6 is 11.8 Å². The van der Waals surface area contributed by atoms with Gasteiger partial charge in [0.15, 0.2) is 5.82 Å². The van der Waals surface area contributed by atoms with Gasteiger partial charge in [-0.25, -0.2) is 13.1 Å². The van der Waals surface area contributed by atoms with Crippen molar-refractivity contribution in [1.82, 2.24) is 14.9 Å². The third-order valence-electron chi connectivity index (χ3n) is 5.82. The molecule has 10 heteroatoms. The van der Waals surface area contributed by atoms with Gasteiger partial charge < -0.3 is 9.42 Å². The predicted molar refractivity (Wildman–Crippen MR) is 108 cm³/mol. The van der Waals surface area contributed by atoms with Crippen LogP contribution in [0.4, 0.5) is 5.69 Å². The van der Waals surface area contributed by atoms with Crippen molar-refractivity contribution in [3.05, 3.63) is 35.0 Å². The number of benzene rings is 1. The molecule has 0 bridgehead atoms. The number of carbonyl (C=O) groups excluding carboxylic acids is 1. The van der Waals surface area contributed by atoms with Crippen LogP contribution in [0.15, 0.2) is 21.6 Å². The van der Waals surface area contributed by atoms with E-state index in [2.05, 4.69) is 14.9 Å². The number of hydrogen-bond donors (Lipinski definition) is 1. The van der Waals surface area contributed by atoms with E-state index in [4.69, 9.17) is 4.52 Å². The number of nitrogens with zero attached hydrogens (tertiary/aromatic N) is 3. The average molecular weight is 435 g/mol. The van der Waals surface area contributed by atoms with E-state index in [1.165, 1.54) is 0 Å². The van der Waals surface area contributed by atoms with Crippen molar-refractivity contribution < 1.29 is 17.7 Å². The summed E-state index contributed by atoms with van der Waals surface area (Å²) in [6.45, 7) is 0.594. The first-order valence-corrected chi connectivity index (χ1v) is 12.5. The minimum atomic E-state index is -3.72. The standard InChI is InChI=1S/C19H22N4O4S2/c24-17-2-1-13-9-15(10-14-3-6-23(17)18(13)14)29(25,26)20-11-16-21-19(22-27-16)12-4-7-28-8-5-12/h9-10,12,20H,1-8,11H2. The second-order valence-corrected chi connectivity index (χ2v) is 10.6. The molecule has 1 fully saturated rings. The fourth-order valence-corrected chi connectivity index (χ4v) is 6.46. The van der Waals surface area contributed by atoms with Gasteiger partial charge in [-0.15, -0.1) is 0 Å². The molecule has 8 nitrogen and oxygen atoms in total. The number of sulfonamides is 1. The second-order valence-electron chi connectivity index (χ2n) is 7.64. The molecule has 4 heterocycles. The first-order valence-electron chi connectivity index (χ1n) is 9.87. The van der Waals surface area contributed by atoms with E-state index in [1.807, 2.05) is 11.8 Å². The van der Waals surface area contributed by atoms with Crippen LogP contribution in [-0.4, -0.2) is 42.5 Å². The number of thioether (sulfide) groups is 1. The van der Waals surface area contributed by atoms with Gasteiger partial charge >= 0.3 is 0 Å². The summed E-state index contributed by atoms with van der Waals surface area (Å²) in [6, 6.07) is 3.36. The van der Waals surface area contributed by atoms with E-state index < -0.39 is 10.0 Å². The highest BCUT2D eigenvalue weighted by molar-refractivity contribution is 7.99. The van der Waals surface area contributed by atoms with Crippen LogP contribution in [0.5, 0.6) is 0 Å². The van der Waals surface area contributed by atoms with Crippen LogP contribution in [0.3, 0.4) is 0 Å². The second kappa shape index (κ2) is 7.41. The summed E-state index contributed by atoms with van der Waals surface area (Å²) in [5.74, 6) is 3.54. The highest BCUT2D eigenvalue weighted by atomic mass is 32.2. The van der Waals surface area contributed by atoms with E-state index >= 15 is 0 Å². The number of rotatable bonds is 5. The fraction of sp³-hybridized carbons (Fsp3) is 0.526. The zero-order valence-corrected chi connectivity index (χ0v) is 17.5. The summed E-state index contributed by atoms with van der Waals surface area (Å²) < 4.78 is 33.6. The van der Waals surface area contributed by atoms with Gasteiger partial charge in [0.05, 0.1) is 17.1 Å². The first-order chi connectivity index (χ1) is 14.0. The molecule has 0 unspecified atom stereocenters. The molecular formula is C19H22N4O4S2. The van der Waals surface area contributed by atoms with E-state index in [0.29, 0.717) is 37.5 Å². The van der Waals surface area contributed by atoms with Crippen LogP contribution in [-0.2, 0) is 34.2 Å². The highest BCUT2D eigenvalue weighted by Gasteiger charge is 2.33. The summed E-state index contributed by atoms with van der Waals surface area (Å²) in [4.78, 5) is 18.4. The van der Waals surface area contributed by atoms with Gasteiger partial charge in [-0.3, -0.25) is 4.79 Å². The lowest BCUT2D eigenvalue weighted by molar-refractivity contribution is -0.118. The fourth-order valence-electron chi connectivity index (χ4n) is 4.28. The molecule has 0 radical (unpaired) electrons. The molecule has 1 N–H and O–H groups in total. The molecule has 29 heavy (non-hydrogen) atoms. The first kappa shape index (κ1) is 19.1. The van der Waals surface area contributed by atoms with Gasteiger partial charge in [0, 0.05) is 18.9 Å². The lowest BCUT2D eigenvalue weighted by atomic mass is 10.00. The zero-order chi connectivity index (χ0) is 20.0. The number of hydrogen-bond acceptors (Lipinski definition) is 7. The Hall–Kier alpha value is -1.91. The molecule has 0 atom stereocenters. The average Bonchev–Trinajstić information content (AvgIpc) is 3.38. The van der Waals surface area contributed by atoms with Crippen LogP contribution < -0.4 is 9.62 Å². The van der Waals surface area contributed by atoms with Gasteiger partial charge in [-0.05, 0) is 60.4 Å². The number of aryl methyl sites for hydroxylation is 1. The Balaban J connectivity index is 1.32. The summed E-state index contributed by atoms with van der Waals surface area (Å²) in [6.07, 6.45) is 3.73. The summed E-state index contributed by atoms with van der Waals surface area (Å²) in [5, 5.41) is 4.04. The predicted octanol–water partition coefficient (Wildman–Crippen LogP) is 1.99. The normalized spacial score (nSPS) is 19.6. The van der Waals surface area contributed by atoms with Crippen molar-refractivity contribution in [2.24, 2.45) is 0 Å². The molecule has 3 aliphatic heterocycles. The Morgan fingerprint density at radius 1 is 1.17 bits per heavy atom. The molecule has 2 aromatic rings. The maximum Gasteiger partial charge on any atom is 0.241 e. The minimum absolute atomic E-state index is 0.0339. The minimum Gasteiger partial charge on any atom is -0.338 e. The molecule has 1 aromatic carbocycles. The molecule has 0 aliphatic carbocycles. The molecule has 0 saturated carbocycles. The zero-order valence-electron chi connectivity index (χ0n) is 15.9. The van der Waals surface area contributed by atoms with Gasteiger partial charge in [-0.1, -0.05) is 5.16 Å². The van der Waals surface area contributed by atoms with Crippen molar-refractivity contribution in [3.63, 3.8) is 0 Å². The number of nitrogens with one attached hydrogen (secondary N) is 1. The SMILES string of the molecule is O=C1CCc2cc(S(=O)(=O)NCc3nc(C4CCSCC4)no3)cc3c2N1CC3. The van der Waals surface area contributed by atoms with E-state index in [-0.39, 0.29) is 23.2 Å². The monoisotopic (exact) mass is 434 g/mol. The number of anilines is 1.